The second-order valence-corrected chi connectivity index (χ2v) is 6.47. The molecule has 0 amide bonds. The molecule has 0 unspecified atom stereocenters. The highest BCUT2D eigenvalue weighted by molar-refractivity contribution is 5.94. The van der Waals surface area contributed by atoms with Crippen LogP contribution < -0.4 is 5.56 Å². The van der Waals surface area contributed by atoms with Crippen LogP contribution in [0.5, 0.6) is 0 Å². The molecule has 28 heavy (non-hydrogen) atoms. The number of rotatable bonds is 3. The molecule has 2 aromatic carbocycles. The van der Waals surface area contributed by atoms with Gasteiger partial charge in [0.25, 0.3) is 5.56 Å². The Balaban J connectivity index is 1.58. The first-order valence-corrected chi connectivity index (χ1v) is 8.72. The lowest BCUT2D eigenvalue weighted by Crippen LogP contribution is -2.21. The van der Waals surface area contributed by atoms with E-state index in [-0.39, 0.29) is 17.9 Å². The zero-order chi connectivity index (χ0) is 19.1. The summed E-state index contributed by atoms with van der Waals surface area (Å²) in [6.07, 6.45) is 4.54. The molecule has 5 aromatic rings. The van der Waals surface area contributed by atoms with E-state index in [1.54, 1.807) is 30.6 Å². The first-order chi connectivity index (χ1) is 13.7. The van der Waals surface area contributed by atoms with Crippen LogP contribution in [0.25, 0.3) is 33.2 Å². The van der Waals surface area contributed by atoms with E-state index in [9.17, 15) is 9.18 Å². The summed E-state index contributed by atoms with van der Waals surface area (Å²) < 4.78 is 16.4. The van der Waals surface area contributed by atoms with Gasteiger partial charge in [-0.3, -0.25) is 14.5 Å². The number of pyridine rings is 1. The normalized spacial score (nSPS) is 11.3. The molecule has 0 atom stereocenters. The Bertz CT molecular complexity index is 1390. The SMILES string of the molecule is O=c1cnc2ncccc2n1Cc1ccc(-c2cccc3[nH]ncc23)cc1F. The number of fused-ring (bicyclic) bond motifs is 2. The van der Waals surface area contributed by atoms with Gasteiger partial charge in [-0.2, -0.15) is 5.10 Å². The van der Waals surface area contributed by atoms with Crippen molar-refractivity contribution in [1.82, 2.24) is 24.7 Å². The third-order valence-corrected chi connectivity index (χ3v) is 4.80. The maximum absolute atomic E-state index is 14.9. The van der Waals surface area contributed by atoms with Gasteiger partial charge < -0.3 is 0 Å². The minimum Gasteiger partial charge on any atom is -0.299 e. The molecule has 0 spiro atoms. The summed E-state index contributed by atoms with van der Waals surface area (Å²) in [6.45, 7) is 0.103. The van der Waals surface area contributed by atoms with Crippen LogP contribution in [0.3, 0.4) is 0 Å². The van der Waals surface area contributed by atoms with Crippen molar-refractivity contribution >= 4 is 22.1 Å². The van der Waals surface area contributed by atoms with Gasteiger partial charge in [-0.1, -0.05) is 24.3 Å². The summed E-state index contributed by atoms with van der Waals surface area (Å²) in [7, 11) is 0. The topological polar surface area (TPSA) is 76.5 Å². The van der Waals surface area contributed by atoms with Crippen LogP contribution in [0, 0.1) is 5.82 Å². The monoisotopic (exact) mass is 371 g/mol. The summed E-state index contributed by atoms with van der Waals surface area (Å²) in [5, 5.41) is 7.90. The summed E-state index contributed by atoms with van der Waals surface area (Å²) in [6, 6.07) is 14.3. The van der Waals surface area contributed by atoms with Crippen molar-refractivity contribution in [3.8, 4) is 11.1 Å². The van der Waals surface area contributed by atoms with E-state index in [1.807, 2.05) is 24.3 Å². The highest BCUT2D eigenvalue weighted by Gasteiger charge is 2.11. The molecule has 0 aliphatic heterocycles. The van der Waals surface area contributed by atoms with Gasteiger partial charge in [0.2, 0.25) is 0 Å². The molecule has 0 bridgehead atoms. The van der Waals surface area contributed by atoms with Gasteiger partial charge in [0.15, 0.2) is 5.65 Å². The zero-order valence-corrected chi connectivity index (χ0v) is 14.6. The summed E-state index contributed by atoms with van der Waals surface area (Å²) in [4.78, 5) is 20.5. The maximum atomic E-state index is 14.9. The first kappa shape index (κ1) is 16.3. The van der Waals surface area contributed by atoms with E-state index in [0.29, 0.717) is 16.7 Å². The molecular weight excluding hydrogens is 357 g/mol. The molecular formula is C21H14FN5O. The Morgan fingerprint density at radius 3 is 2.86 bits per heavy atom. The zero-order valence-electron chi connectivity index (χ0n) is 14.6. The maximum Gasteiger partial charge on any atom is 0.269 e. The Morgan fingerprint density at radius 1 is 1.04 bits per heavy atom. The van der Waals surface area contributed by atoms with Crippen LogP contribution in [0.4, 0.5) is 4.39 Å². The van der Waals surface area contributed by atoms with Crippen molar-refractivity contribution in [2.45, 2.75) is 6.54 Å². The number of benzene rings is 2. The van der Waals surface area contributed by atoms with Crippen LogP contribution in [0.1, 0.15) is 5.56 Å². The minimum atomic E-state index is -0.376. The molecule has 0 saturated heterocycles. The van der Waals surface area contributed by atoms with Crippen LogP contribution >= 0.6 is 0 Å². The number of hydrogen-bond donors (Lipinski definition) is 1. The van der Waals surface area contributed by atoms with Crippen molar-refractivity contribution in [2.24, 2.45) is 0 Å². The largest absolute Gasteiger partial charge is 0.299 e. The molecule has 3 heterocycles. The second-order valence-electron chi connectivity index (χ2n) is 6.47. The van der Waals surface area contributed by atoms with E-state index >= 15 is 0 Å². The van der Waals surface area contributed by atoms with E-state index in [2.05, 4.69) is 20.2 Å². The van der Waals surface area contributed by atoms with E-state index < -0.39 is 0 Å². The van der Waals surface area contributed by atoms with Crippen molar-refractivity contribution in [3.05, 3.63) is 88.9 Å². The van der Waals surface area contributed by atoms with Gasteiger partial charge in [0.1, 0.15) is 5.82 Å². The Labute approximate surface area is 158 Å². The molecule has 0 radical (unpaired) electrons. The fourth-order valence-corrected chi connectivity index (χ4v) is 3.40. The standard InChI is InChI=1S/C21H14FN5O/c22-17-9-13(15-3-1-4-18-16(15)10-25-26-18)6-7-14(17)12-27-19-5-2-8-23-21(19)24-11-20(27)28/h1-11H,12H2,(H,25,26). The predicted octanol–water partition coefficient (Wildman–Crippen LogP) is 3.52. The number of aromatic amines is 1. The van der Waals surface area contributed by atoms with Crippen LogP contribution in [-0.2, 0) is 6.54 Å². The van der Waals surface area contributed by atoms with E-state index in [1.165, 1.54) is 16.8 Å². The summed E-state index contributed by atoms with van der Waals surface area (Å²) in [5.41, 5.74) is 3.68. The lowest BCUT2D eigenvalue weighted by molar-refractivity contribution is 0.599. The quantitative estimate of drug-likeness (QED) is 0.526. The van der Waals surface area contributed by atoms with Crippen molar-refractivity contribution in [2.75, 3.05) is 0 Å². The average molecular weight is 371 g/mol. The average Bonchev–Trinajstić information content (AvgIpc) is 3.20. The molecule has 0 aliphatic rings. The number of aromatic nitrogens is 5. The van der Waals surface area contributed by atoms with Gasteiger partial charge in [-0.15, -0.1) is 0 Å². The lowest BCUT2D eigenvalue weighted by Gasteiger charge is -2.11. The summed E-state index contributed by atoms with van der Waals surface area (Å²) in [5.74, 6) is -0.376. The smallest absolute Gasteiger partial charge is 0.269 e. The highest BCUT2D eigenvalue weighted by atomic mass is 19.1. The molecule has 7 heteroatoms. The van der Waals surface area contributed by atoms with Crippen LogP contribution in [0.2, 0.25) is 0 Å². The van der Waals surface area contributed by atoms with E-state index in [0.717, 1.165) is 22.0 Å². The van der Waals surface area contributed by atoms with E-state index in [4.69, 9.17) is 0 Å². The molecule has 0 aliphatic carbocycles. The number of halogens is 1. The van der Waals surface area contributed by atoms with Gasteiger partial charge in [0.05, 0.1) is 30.0 Å². The van der Waals surface area contributed by atoms with Gasteiger partial charge >= 0.3 is 0 Å². The lowest BCUT2D eigenvalue weighted by atomic mass is 10.0. The van der Waals surface area contributed by atoms with Crippen molar-refractivity contribution in [1.29, 1.82) is 0 Å². The summed E-state index contributed by atoms with van der Waals surface area (Å²) >= 11 is 0. The van der Waals surface area contributed by atoms with Crippen LogP contribution in [-0.4, -0.2) is 24.7 Å². The molecule has 0 fully saturated rings. The number of nitrogens with zero attached hydrogens (tertiary/aromatic N) is 4. The molecule has 5 rings (SSSR count). The molecule has 136 valence electrons. The Morgan fingerprint density at radius 2 is 1.96 bits per heavy atom. The number of nitrogens with one attached hydrogen (secondary N) is 1. The fraction of sp³-hybridized carbons (Fsp3) is 0.0476. The highest BCUT2D eigenvalue weighted by Crippen LogP contribution is 2.29. The van der Waals surface area contributed by atoms with Crippen LogP contribution in [0.15, 0.2) is 71.9 Å². The fourth-order valence-electron chi connectivity index (χ4n) is 3.40. The second kappa shape index (κ2) is 6.38. The molecule has 0 saturated carbocycles. The van der Waals surface area contributed by atoms with Gasteiger partial charge in [-0.05, 0) is 35.4 Å². The minimum absolute atomic E-state index is 0.103. The Hall–Kier alpha value is -3.87. The predicted molar refractivity (Wildman–Crippen MR) is 104 cm³/mol. The third-order valence-electron chi connectivity index (χ3n) is 4.80. The first-order valence-electron chi connectivity index (χ1n) is 8.72. The van der Waals surface area contributed by atoms with Crippen molar-refractivity contribution in [3.63, 3.8) is 0 Å². The third kappa shape index (κ3) is 2.64. The molecule has 3 aromatic heterocycles. The van der Waals surface area contributed by atoms with Gasteiger partial charge in [0, 0.05) is 17.1 Å². The number of H-pyrrole nitrogens is 1. The van der Waals surface area contributed by atoms with Gasteiger partial charge in [-0.25, -0.2) is 14.4 Å². The molecule has 6 nitrogen and oxygen atoms in total. The number of hydrogen-bond acceptors (Lipinski definition) is 4. The Kier molecular flexibility index (Phi) is 3.72. The molecule has 1 N–H and O–H groups in total. The van der Waals surface area contributed by atoms with Crippen molar-refractivity contribution < 1.29 is 4.39 Å².